The summed E-state index contributed by atoms with van der Waals surface area (Å²) in [5, 5.41) is 5.31. The number of carbonyl (C=O) groups is 1. The number of carbonyl (C=O) groups excluding carboxylic acids is 1. The molecule has 0 aliphatic carbocycles. The van der Waals surface area contributed by atoms with Crippen LogP contribution < -0.4 is 22.5 Å². The zero-order valence-corrected chi connectivity index (χ0v) is 15.7. The molecule has 0 fully saturated rings. The highest BCUT2D eigenvalue weighted by atomic mass is 19.1. The molecule has 1 unspecified atom stereocenters. The number of hydrogen-bond acceptors (Lipinski definition) is 6. The average molecular weight is 382 g/mol. The zero-order valence-electron chi connectivity index (χ0n) is 15.7. The number of rotatable bonds is 8. The summed E-state index contributed by atoms with van der Waals surface area (Å²) in [5.41, 5.74) is 6.12. The van der Waals surface area contributed by atoms with E-state index in [1.807, 2.05) is 13.8 Å². The molecule has 27 heavy (non-hydrogen) atoms. The van der Waals surface area contributed by atoms with Gasteiger partial charge < -0.3 is 0 Å². The molecule has 0 saturated carbocycles. The third-order valence-electron chi connectivity index (χ3n) is 3.94. The first kappa shape index (κ1) is 22.8. The van der Waals surface area contributed by atoms with Crippen molar-refractivity contribution in [3.63, 3.8) is 0 Å². The summed E-state index contributed by atoms with van der Waals surface area (Å²) >= 11 is 0. The molecule has 1 aromatic carbocycles. The standard InChI is InChI=1S/C16H22F2N6O.C2H6/c1-10(6-15(22-19)23-20)2-3-16(25)24-14(4-5-21-24)11-7-12(17)9-13(18)8-11;1-2/h5,7-9,14-15,22-23H,1-4,6,19-20H2;1-2H3. The molecule has 1 aliphatic heterocycles. The van der Waals surface area contributed by atoms with Gasteiger partial charge in [0.1, 0.15) is 11.6 Å². The number of hydrazone groups is 1. The molecule has 0 aromatic heterocycles. The summed E-state index contributed by atoms with van der Waals surface area (Å²) < 4.78 is 26.8. The van der Waals surface area contributed by atoms with Crippen molar-refractivity contribution in [3.05, 3.63) is 47.5 Å². The lowest BCUT2D eigenvalue weighted by molar-refractivity contribution is -0.133. The minimum atomic E-state index is -0.683. The molecule has 1 aliphatic rings. The van der Waals surface area contributed by atoms with Gasteiger partial charge in [-0.15, -0.1) is 0 Å². The molecule has 7 nitrogen and oxygen atoms in total. The molecule has 6 N–H and O–H groups in total. The minimum absolute atomic E-state index is 0.173. The number of amides is 1. The Morgan fingerprint density at radius 1 is 1.26 bits per heavy atom. The van der Waals surface area contributed by atoms with Crippen molar-refractivity contribution in [2.75, 3.05) is 0 Å². The topological polar surface area (TPSA) is 109 Å². The highest BCUT2D eigenvalue weighted by Crippen LogP contribution is 2.30. The summed E-state index contributed by atoms with van der Waals surface area (Å²) in [6, 6.07) is 2.72. The Labute approximate surface area is 158 Å². The van der Waals surface area contributed by atoms with E-state index in [4.69, 9.17) is 11.7 Å². The summed E-state index contributed by atoms with van der Waals surface area (Å²) in [6.07, 6.45) is 2.69. The number of nitrogens with one attached hydrogen (secondary N) is 2. The van der Waals surface area contributed by atoms with Crippen LogP contribution in [0, 0.1) is 11.6 Å². The first-order valence-electron chi connectivity index (χ1n) is 8.84. The van der Waals surface area contributed by atoms with Crippen LogP contribution in [0.3, 0.4) is 0 Å². The fourth-order valence-electron chi connectivity index (χ4n) is 2.65. The monoisotopic (exact) mass is 382 g/mol. The van der Waals surface area contributed by atoms with Crippen LogP contribution in [-0.4, -0.2) is 23.3 Å². The Morgan fingerprint density at radius 3 is 2.41 bits per heavy atom. The van der Waals surface area contributed by atoms with Gasteiger partial charge in [0.25, 0.3) is 0 Å². The predicted octanol–water partition coefficient (Wildman–Crippen LogP) is 2.23. The Balaban J connectivity index is 0.00000176. The number of hydrogen-bond donors (Lipinski definition) is 4. The second-order valence-electron chi connectivity index (χ2n) is 5.83. The number of nitrogens with zero attached hydrogens (tertiary/aromatic N) is 2. The molecule has 1 amide bonds. The Bertz CT molecular complexity index is 643. The summed E-state index contributed by atoms with van der Waals surface area (Å²) in [6.45, 7) is 7.89. The third kappa shape index (κ3) is 6.79. The molecule has 1 aromatic rings. The quantitative estimate of drug-likeness (QED) is 0.239. The van der Waals surface area contributed by atoms with E-state index in [2.05, 4.69) is 22.5 Å². The van der Waals surface area contributed by atoms with Gasteiger partial charge in [0.2, 0.25) is 5.91 Å². The fraction of sp³-hybridized carbons (Fsp3) is 0.444. The Kier molecular flexibility index (Phi) is 9.73. The van der Waals surface area contributed by atoms with Crippen LogP contribution in [0.2, 0.25) is 0 Å². The highest BCUT2D eigenvalue weighted by molar-refractivity contribution is 5.80. The van der Waals surface area contributed by atoms with Gasteiger partial charge in [-0.2, -0.15) is 5.10 Å². The van der Waals surface area contributed by atoms with Gasteiger partial charge >= 0.3 is 0 Å². The SMILES string of the molecule is C=C(CCC(=O)N1N=CCC1c1cc(F)cc(F)c1)CC(NN)NN.CC. The van der Waals surface area contributed by atoms with E-state index >= 15 is 0 Å². The third-order valence-corrected chi connectivity index (χ3v) is 3.94. The van der Waals surface area contributed by atoms with Crippen LogP contribution in [0.1, 0.15) is 51.1 Å². The maximum absolute atomic E-state index is 13.4. The van der Waals surface area contributed by atoms with Gasteiger partial charge in [-0.3, -0.25) is 16.5 Å². The molecule has 0 radical (unpaired) electrons. The van der Waals surface area contributed by atoms with Gasteiger partial charge in [0.15, 0.2) is 0 Å². The van der Waals surface area contributed by atoms with Gasteiger partial charge in [0, 0.05) is 25.1 Å². The predicted molar refractivity (Wildman–Crippen MR) is 102 cm³/mol. The maximum Gasteiger partial charge on any atom is 0.243 e. The van der Waals surface area contributed by atoms with Crippen molar-refractivity contribution in [1.82, 2.24) is 15.9 Å². The smallest absolute Gasteiger partial charge is 0.243 e. The van der Waals surface area contributed by atoms with Crippen molar-refractivity contribution in [3.8, 4) is 0 Å². The molecule has 9 heteroatoms. The highest BCUT2D eigenvalue weighted by Gasteiger charge is 2.28. The average Bonchev–Trinajstić information content (AvgIpc) is 3.15. The van der Waals surface area contributed by atoms with Crippen LogP contribution in [-0.2, 0) is 4.79 Å². The normalized spacial score (nSPS) is 15.7. The summed E-state index contributed by atoms with van der Waals surface area (Å²) in [5.74, 6) is 9.00. The van der Waals surface area contributed by atoms with Gasteiger partial charge in [-0.25, -0.2) is 24.6 Å². The van der Waals surface area contributed by atoms with E-state index in [0.29, 0.717) is 24.8 Å². The number of benzene rings is 1. The van der Waals surface area contributed by atoms with E-state index < -0.39 is 17.7 Å². The van der Waals surface area contributed by atoms with Crippen LogP contribution in [0.15, 0.2) is 35.5 Å². The molecule has 0 spiro atoms. The van der Waals surface area contributed by atoms with E-state index in [1.54, 1.807) is 6.21 Å². The van der Waals surface area contributed by atoms with E-state index in [-0.39, 0.29) is 18.5 Å². The van der Waals surface area contributed by atoms with Crippen LogP contribution >= 0.6 is 0 Å². The van der Waals surface area contributed by atoms with E-state index in [1.165, 1.54) is 17.1 Å². The molecular formula is C18H28F2N6O. The van der Waals surface area contributed by atoms with E-state index in [0.717, 1.165) is 11.6 Å². The lowest BCUT2D eigenvalue weighted by Gasteiger charge is -2.23. The first-order chi connectivity index (χ1) is 12.9. The van der Waals surface area contributed by atoms with Crippen molar-refractivity contribution in [2.45, 2.75) is 51.7 Å². The summed E-state index contributed by atoms with van der Waals surface area (Å²) in [7, 11) is 0. The zero-order chi connectivity index (χ0) is 20.4. The number of nitrogens with two attached hydrogens (primary N) is 2. The second-order valence-corrected chi connectivity index (χ2v) is 5.83. The molecule has 150 valence electrons. The Morgan fingerprint density at radius 2 is 1.85 bits per heavy atom. The molecule has 2 rings (SSSR count). The fourth-order valence-corrected chi connectivity index (χ4v) is 2.65. The summed E-state index contributed by atoms with van der Waals surface area (Å²) in [4.78, 5) is 12.4. The minimum Gasteiger partial charge on any atom is -0.273 e. The van der Waals surface area contributed by atoms with Crippen molar-refractivity contribution in [2.24, 2.45) is 16.8 Å². The number of halogens is 2. The van der Waals surface area contributed by atoms with Gasteiger partial charge in [-0.05, 0) is 30.5 Å². The second kappa shape index (κ2) is 11.5. The Hall–Kier alpha value is -2.20. The maximum atomic E-state index is 13.4. The largest absolute Gasteiger partial charge is 0.273 e. The lowest BCUT2D eigenvalue weighted by atomic mass is 10.0. The number of hydrazine groups is 2. The van der Waals surface area contributed by atoms with Gasteiger partial charge in [-0.1, -0.05) is 26.0 Å². The van der Waals surface area contributed by atoms with Crippen molar-refractivity contribution < 1.29 is 13.6 Å². The van der Waals surface area contributed by atoms with Crippen LogP contribution in [0.4, 0.5) is 8.78 Å². The first-order valence-corrected chi connectivity index (χ1v) is 8.84. The van der Waals surface area contributed by atoms with Crippen LogP contribution in [0.25, 0.3) is 0 Å². The molecule has 0 saturated heterocycles. The lowest BCUT2D eigenvalue weighted by Crippen LogP contribution is -2.49. The van der Waals surface area contributed by atoms with Gasteiger partial charge in [0.05, 0.1) is 12.2 Å². The molecule has 1 heterocycles. The molecular weight excluding hydrogens is 354 g/mol. The van der Waals surface area contributed by atoms with E-state index in [9.17, 15) is 13.6 Å². The molecule has 0 bridgehead atoms. The van der Waals surface area contributed by atoms with Crippen molar-refractivity contribution in [1.29, 1.82) is 0 Å². The molecule has 1 atom stereocenters. The van der Waals surface area contributed by atoms with Crippen molar-refractivity contribution >= 4 is 12.1 Å². The van der Waals surface area contributed by atoms with Crippen LogP contribution in [0.5, 0.6) is 0 Å².